The molecule has 0 unspecified atom stereocenters. The van der Waals surface area contributed by atoms with Crippen molar-refractivity contribution in [3.8, 4) is 11.4 Å². The molecule has 0 spiro atoms. The first-order chi connectivity index (χ1) is 18.2. The van der Waals surface area contributed by atoms with Gasteiger partial charge in [0.2, 0.25) is 11.9 Å². The van der Waals surface area contributed by atoms with Crippen LogP contribution >= 0.6 is 22.6 Å². The number of nitrogens with zero attached hydrogens (tertiary/aromatic N) is 5. The van der Waals surface area contributed by atoms with E-state index in [1.807, 2.05) is 56.4 Å². The van der Waals surface area contributed by atoms with Crippen LogP contribution in [0.1, 0.15) is 0 Å². The quantitative estimate of drug-likeness (QED) is 0.180. The number of aromatic nitrogens is 4. The highest BCUT2D eigenvalue weighted by Gasteiger charge is 2.18. The van der Waals surface area contributed by atoms with Crippen LogP contribution in [0.3, 0.4) is 0 Å². The Morgan fingerprint density at radius 3 is 2.58 bits per heavy atom. The number of nitrogens with one attached hydrogen (secondary N) is 3. The molecular weight excluding hydrogens is 599 g/mol. The fourth-order valence-electron chi connectivity index (χ4n) is 3.81. The number of likely N-dealkylation sites (N-methyl/N-ethyl adjacent to an activating group) is 2. The molecule has 3 N–H and O–H groups in total. The molecular formula is C26H29IN8O3. The first-order valence-electron chi connectivity index (χ1n) is 11.7. The Labute approximate surface area is 233 Å². The third-order valence-corrected chi connectivity index (χ3v) is 6.53. The van der Waals surface area contributed by atoms with Gasteiger partial charge in [-0.2, -0.15) is 4.98 Å². The van der Waals surface area contributed by atoms with Gasteiger partial charge < -0.3 is 30.2 Å². The molecule has 2 heterocycles. The van der Waals surface area contributed by atoms with Crippen molar-refractivity contribution in [1.82, 2.24) is 24.4 Å². The van der Waals surface area contributed by atoms with Gasteiger partial charge in [0.1, 0.15) is 11.3 Å². The van der Waals surface area contributed by atoms with Gasteiger partial charge in [0, 0.05) is 29.8 Å². The standard InChI is InChI=1S/C26H29IN8O3/c1-6-23(36)29-18-13-19(22(38-5)14-21(18)34(4)12-11-33(2)3)30-25-28-15-20-24(32-25)35(26(37)31-20)17-9-7-16(27)8-10-17/h6-10,13-15H,1,11-12H2,2-5H3,(H,29,36)(H,31,37)(H,28,30,32). The third kappa shape index (κ3) is 5.97. The fraction of sp³-hybridized carbons (Fsp3) is 0.231. The zero-order chi connectivity index (χ0) is 27.4. The number of amides is 1. The van der Waals surface area contributed by atoms with Gasteiger partial charge in [-0.25, -0.2) is 14.3 Å². The zero-order valence-electron chi connectivity index (χ0n) is 21.6. The second-order valence-electron chi connectivity index (χ2n) is 8.79. The maximum atomic E-state index is 12.7. The normalized spacial score (nSPS) is 11.0. The highest BCUT2D eigenvalue weighted by Crippen LogP contribution is 2.38. The number of halogens is 1. The number of hydrogen-bond acceptors (Lipinski definition) is 8. The van der Waals surface area contributed by atoms with Gasteiger partial charge >= 0.3 is 5.69 Å². The minimum absolute atomic E-state index is 0.253. The summed E-state index contributed by atoms with van der Waals surface area (Å²) in [5, 5.41) is 6.05. The summed E-state index contributed by atoms with van der Waals surface area (Å²) in [5.74, 6) is 0.444. The van der Waals surface area contributed by atoms with Crippen molar-refractivity contribution in [3.05, 3.63) is 69.3 Å². The van der Waals surface area contributed by atoms with E-state index in [4.69, 9.17) is 4.74 Å². The molecule has 2 aromatic carbocycles. The summed E-state index contributed by atoms with van der Waals surface area (Å²) in [4.78, 5) is 40.8. The minimum atomic E-state index is -0.338. The summed E-state index contributed by atoms with van der Waals surface area (Å²) < 4.78 is 8.21. The van der Waals surface area contributed by atoms with Crippen molar-refractivity contribution >= 4 is 62.7 Å². The van der Waals surface area contributed by atoms with Crippen molar-refractivity contribution in [2.24, 2.45) is 0 Å². The number of carbonyl (C=O) groups excluding carboxylic acids is 1. The van der Waals surface area contributed by atoms with E-state index in [1.54, 1.807) is 19.4 Å². The predicted octanol–water partition coefficient (Wildman–Crippen LogP) is 3.59. The van der Waals surface area contributed by atoms with Gasteiger partial charge in [0.05, 0.1) is 36.1 Å². The molecule has 4 rings (SSSR count). The van der Waals surface area contributed by atoms with Crippen LogP contribution in [-0.2, 0) is 4.79 Å². The SMILES string of the molecule is C=CC(=O)Nc1cc(Nc2ncc3[nH]c(=O)n(-c4ccc(I)cc4)c3n2)c(OC)cc1N(C)CCN(C)C. The van der Waals surface area contributed by atoms with E-state index in [0.29, 0.717) is 34.0 Å². The van der Waals surface area contributed by atoms with Crippen LogP contribution in [0, 0.1) is 3.57 Å². The van der Waals surface area contributed by atoms with Crippen LogP contribution < -0.4 is 26.0 Å². The van der Waals surface area contributed by atoms with Crippen LogP contribution in [0.5, 0.6) is 5.75 Å². The number of H-pyrrole nitrogens is 1. The Balaban J connectivity index is 1.75. The van der Waals surface area contributed by atoms with Gasteiger partial charge in [0.25, 0.3) is 0 Å². The maximum absolute atomic E-state index is 12.7. The molecule has 198 valence electrons. The molecule has 12 heteroatoms. The lowest BCUT2D eigenvalue weighted by Gasteiger charge is -2.25. The average Bonchev–Trinajstić information content (AvgIpc) is 3.22. The average molecular weight is 628 g/mol. The molecule has 11 nitrogen and oxygen atoms in total. The van der Waals surface area contributed by atoms with Crippen molar-refractivity contribution < 1.29 is 9.53 Å². The topological polar surface area (TPSA) is 120 Å². The molecule has 0 atom stereocenters. The Morgan fingerprint density at radius 1 is 1.18 bits per heavy atom. The molecule has 0 radical (unpaired) electrons. The molecule has 0 saturated carbocycles. The highest BCUT2D eigenvalue weighted by molar-refractivity contribution is 14.1. The number of benzene rings is 2. The Morgan fingerprint density at radius 2 is 1.92 bits per heavy atom. The van der Waals surface area contributed by atoms with Crippen molar-refractivity contribution in [1.29, 1.82) is 0 Å². The van der Waals surface area contributed by atoms with E-state index in [-0.39, 0.29) is 17.5 Å². The number of imidazole rings is 1. The summed E-state index contributed by atoms with van der Waals surface area (Å²) in [6.45, 7) is 5.11. The minimum Gasteiger partial charge on any atom is -0.494 e. The molecule has 0 aliphatic rings. The molecule has 0 aliphatic heterocycles. The maximum Gasteiger partial charge on any atom is 0.332 e. The summed E-state index contributed by atoms with van der Waals surface area (Å²) in [6, 6.07) is 11.2. The van der Waals surface area contributed by atoms with Crippen molar-refractivity contribution in [2.75, 3.05) is 56.9 Å². The predicted molar refractivity (Wildman–Crippen MR) is 159 cm³/mol. The molecule has 0 saturated heterocycles. The zero-order valence-corrected chi connectivity index (χ0v) is 23.7. The number of rotatable bonds is 10. The second-order valence-corrected chi connectivity index (χ2v) is 10.0. The molecule has 2 aromatic heterocycles. The van der Waals surface area contributed by atoms with Crippen LogP contribution in [0.4, 0.5) is 23.0 Å². The largest absolute Gasteiger partial charge is 0.494 e. The van der Waals surface area contributed by atoms with Gasteiger partial charge in [-0.1, -0.05) is 6.58 Å². The van der Waals surface area contributed by atoms with Crippen molar-refractivity contribution in [3.63, 3.8) is 0 Å². The summed E-state index contributed by atoms with van der Waals surface area (Å²) in [7, 11) is 7.51. The first kappa shape index (κ1) is 27.1. The number of fused-ring (bicyclic) bond motifs is 1. The fourth-order valence-corrected chi connectivity index (χ4v) is 4.17. The first-order valence-corrected chi connectivity index (χ1v) is 12.8. The number of carbonyl (C=O) groups is 1. The molecule has 0 bridgehead atoms. The Bertz CT molecular complexity index is 1530. The molecule has 1 amide bonds. The lowest BCUT2D eigenvalue weighted by atomic mass is 10.2. The van der Waals surface area contributed by atoms with Crippen molar-refractivity contribution in [2.45, 2.75) is 0 Å². The van der Waals surface area contributed by atoms with Crippen LogP contribution in [-0.4, -0.2) is 71.7 Å². The monoisotopic (exact) mass is 628 g/mol. The van der Waals surface area contributed by atoms with Gasteiger partial charge in [0.15, 0.2) is 5.65 Å². The lowest BCUT2D eigenvalue weighted by Crippen LogP contribution is -2.29. The lowest BCUT2D eigenvalue weighted by molar-refractivity contribution is -0.111. The Kier molecular flexibility index (Phi) is 8.32. The van der Waals surface area contributed by atoms with E-state index in [2.05, 4.69) is 59.7 Å². The number of ether oxygens (including phenoxy) is 1. The molecule has 0 fully saturated rings. The summed E-state index contributed by atoms with van der Waals surface area (Å²) >= 11 is 2.21. The molecule has 38 heavy (non-hydrogen) atoms. The number of methoxy groups -OCH3 is 1. The molecule has 0 aliphatic carbocycles. The number of anilines is 4. The summed E-state index contributed by atoms with van der Waals surface area (Å²) in [6.07, 6.45) is 2.76. The summed E-state index contributed by atoms with van der Waals surface area (Å²) in [5.41, 5.74) is 3.18. The van der Waals surface area contributed by atoms with E-state index >= 15 is 0 Å². The van der Waals surface area contributed by atoms with E-state index in [1.165, 1.54) is 10.6 Å². The van der Waals surface area contributed by atoms with Crippen LogP contribution in [0.2, 0.25) is 0 Å². The second kappa shape index (κ2) is 11.6. The van der Waals surface area contributed by atoms with Crippen LogP contribution in [0.15, 0.2) is 60.0 Å². The highest BCUT2D eigenvalue weighted by atomic mass is 127. The Hall–Kier alpha value is -3.91. The number of hydrogen-bond donors (Lipinski definition) is 3. The number of aromatic amines is 1. The van der Waals surface area contributed by atoms with Crippen LogP contribution in [0.25, 0.3) is 16.9 Å². The van der Waals surface area contributed by atoms with E-state index in [0.717, 1.165) is 22.3 Å². The van der Waals surface area contributed by atoms with E-state index in [9.17, 15) is 9.59 Å². The van der Waals surface area contributed by atoms with Gasteiger partial charge in [-0.15, -0.1) is 0 Å². The molecule has 4 aromatic rings. The third-order valence-electron chi connectivity index (χ3n) is 5.81. The smallest absolute Gasteiger partial charge is 0.332 e. The van der Waals surface area contributed by atoms with E-state index < -0.39 is 0 Å². The van der Waals surface area contributed by atoms with Gasteiger partial charge in [-0.05, 0) is 73.1 Å². The van der Waals surface area contributed by atoms with Gasteiger partial charge in [-0.3, -0.25) is 4.79 Å².